The monoisotopic (exact) mass is 179 g/mol. The van der Waals surface area contributed by atoms with Crippen LogP contribution < -0.4 is 5.73 Å². The minimum atomic E-state index is 0.00838. The van der Waals surface area contributed by atoms with E-state index >= 15 is 0 Å². The normalized spacial score (nSPS) is 14.0. The number of rotatable bonds is 4. The first-order chi connectivity index (χ1) is 3.77. The summed E-state index contributed by atoms with van der Waals surface area (Å²) in [4.78, 5) is 0. The summed E-state index contributed by atoms with van der Waals surface area (Å²) < 4.78 is 0.00838. The second kappa shape index (κ2) is 5.89. The van der Waals surface area contributed by atoms with Gasteiger partial charge in [0, 0.05) is 0 Å². The molecule has 8 heavy (non-hydrogen) atoms. The van der Waals surface area contributed by atoms with Gasteiger partial charge in [-0.15, -0.1) is 0 Å². The van der Waals surface area contributed by atoms with E-state index in [4.69, 9.17) is 17.3 Å². The Morgan fingerprint density at radius 3 is 2.50 bits per heavy atom. The molecule has 0 amide bonds. The van der Waals surface area contributed by atoms with Crippen molar-refractivity contribution >= 4 is 11.6 Å². The molecule has 0 aromatic rings. The molecule has 0 aliphatic heterocycles. The average Bonchev–Trinajstić information content (AvgIpc) is 1.66. The van der Waals surface area contributed by atoms with Gasteiger partial charge in [0.1, 0.15) is 0 Å². The Morgan fingerprint density at radius 2 is 2.12 bits per heavy atom. The van der Waals surface area contributed by atoms with Crippen molar-refractivity contribution in [1.82, 2.24) is 0 Å². The molecule has 1 atom stereocenters. The van der Waals surface area contributed by atoms with E-state index in [-0.39, 0.29) is 4.31 Å². The van der Waals surface area contributed by atoms with Crippen molar-refractivity contribution in [2.24, 2.45) is 5.73 Å². The molecule has 1 nitrogen and oxygen atoms in total. The standard InChI is InChI=1S/C5H11ClN.Co/c6-4-2-1-3-5-7;/h4H,1-3,5,7H2;. The van der Waals surface area contributed by atoms with Crippen LogP contribution >= 0.6 is 11.6 Å². The number of hydrogen-bond acceptors (Lipinski definition) is 1. The molecule has 0 spiro atoms. The van der Waals surface area contributed by atoms with Crippen LogP contribution in [0.5, 0.6) is 0 Å². The van der Waals surface area contributed by atoms with Gasteiger partial charge in [-0.3, -0.25) is 0 Å². The van der Waals surface area contributed by atoms with Crippen LogP contribution in [0.15, 0.2) is 0 Å². The fourth-order valence-electron chi connectivity index (χ4n) is 0.434. The van der Waals surface area contributed by atoms with Crippen LogP contribution in [0.2, 0.25) is 0 Å². The molecule has 0 heterocycles. The molecule has 0 aromatic carbocycles. The van der Waals surface area contributed by atoms with Crippen molar-refractivity contribution in [3.05, 3.63) is 0 Å². The van der Waals surface area contributed by atoms with Gasteiger partial charge in [-0.2, -0.15) is 0 Å². The van der Waals surface area contributed by atoms with E-state index in [1.165, 1.54) is 0 Å². The predicted molar refractivity (Wildman–Crippen MR) is 32.5 cm³/mol. The Kier molecular flexibility index (Phi) is 6.44. The second-order valence-electron chi connectivity index (χ2n) is 1.65. The van der Waals surface area contributed by atoms with Crippen LogP contribution in [-0.4, -0.2) is 10.9 Å². The van der Waals surface area contributed by atoms with Crippen LogP contribution in [0.3, 0.4) is 0 Å². The molecule has 2 N–H and O–H groups in total. The summed E-state index contributed by atoms with van der Waals surface area (Å²) in [6.45, 7) is 0.761. The van der Waals surface area contributed by atoms with Crippen LogP contribution in [0.4, 0.5) is 0 Å². The molecule has 0 aliphatic carbocycles. The van der Waals surface area contributed by atoms with E-state index < -0.39 is 0 Å². The fourth-order valence-corrected chi connectivity index (χ4v) is 0.801. The molecular formula is C5H11ClCoN. The van der Waals surface area contributed by atoms with Gasteiger partial charge in [-0.1, -0.05) is 0 Å². The van der Waals surface area contributed by atoms with Gasteiger partial charge in [-0.25, -0.2) is 0 Å². The molecule has 0 aromatic heterocycles. The van der Waals surface area contributed by atoms with Gasteiger partial charge >= 0.3 is 63.2 Å². The first kappa shape index (κ1) is 8.76. The summed E-state index contributed by atoms with van der Waals surface area (Å²) >= 11 is 9.57. The zero-order chi connectivity index (χ0) is 6.41. The number of unbranched alkanes of at least 4 members (excludes halogenated alkanes) is 1. The molecule has 0 rings (SSSR count). The van der Waals surface area contributed by atoms with Crippen LogP contribution in [-0.2, 0) is 15.7 Å². The molecule has 52 valence electrons. The number of alkyl halides is 1. The summed E-state index contributed by atoms with van der Waals surface area (Å²) in [5.74, 6) is 0. The first-order valence-corrected chi connectivity index (χ1v) is 3.76. The zero-order valence-electron chi connectivity index (χ0n) is 4.69. The molecule has 0 saturated heterocycles. The first-order valence-electron chi connectivity index (χ1n) is 2.73. The number of nitrogens with two attached hydrogens (primary N) is 1. The Bertz CT molecular complexity index is 49.7. The van der Waals surface area contributed by atoms with Crippen molar-refractivity contribution in [2.45, 2.75) is 23.6 Å². The topological polar surface area (TPSA) is 26.0 Å². The zero-order valence-corrected chi connectivity index (χ0v) is 6.49. The van der Waals surface area contributed by atoms with Crippen LogP contribution in [0, 0.1) is 0 Å². The fraction of sp³-hybridized carbons (Fsp3) is 1.00. The second-order valence-corrected chi connectivity index (χ2v) is 3.21. The minimum absolute atomic E-state index is 0.00838. The quantitative estimate of drug-likeness (QED) is 0.510. The van der Waals surface area contributed by atoms with Gasteiger partial charge in [0.15, 0.2) is 0 Å². The summed E-state index contributed by atoms with van der Waals surface area (Å²) in [5.41, 5.74) is 5.25. The molecular weight excluding hydrogens is 168 g/mol. The third-order valence-electron chi connectivity index (χ3n) is 0.864. The van der Waals surface area contributed by atoms with E-state index in [0.29, 0.717) is 0 Å². The molecule has 3 heteroatoms. The molecule has 0 bridgehead atoms. The van der Waals surface area contributed by atoms with E-state index in [2.05, 4.69) is 15.7 Å². The average molecular weight is 180 g/mol. The summed E-state index contributed by atoms with van der Waals surface area (Å²) in [5, 5.41) is 0. The third-order valence-corrected chi connectivity index (χ3v) is 1.38. The van der Waals surface area contributed by atoms with E-state index in [1.54, 1.807) is 0 Å². The van der Waals surface area contributed by atoms with Crippen molar-refractivity contribution < 1.29 is 15.7 Å². The van der Waals surface area contributed by atoms with E-state index in [9.17, 15) is 0 Å². The molecule has 0 aliphatic rings. The van der Waals surface area contributed by atoms with Crippen LogP contribution in [0.1, 0.15) is 19.3 Å². The van der Waals surface area contributed by atoms with Crippen molar-refractivity contribution in [2.75, 3.05) is 6.54 Å². The number of hydrogen-bond donors (Lipinski definition) is 1. The summed E-state index contributed by atoms with van der Waals surface area (Å²) in [6, 6.07) is 0. The van der Waals surface area contributed by atoms with Gasteiger partial charge in [-0.05, 0) is 0 Å². The summed E-state index contributed by atoms with van der Waals surface area (Å²) in [6.07, 6.45) is 3.10. The maximum absolute atomic E-state index is 5.53. The van der Waals surface area contributed by atoms with E-state index in [1.807, 2.05) is 0 Å². The summed E-state index contributed by atoms with van der Waals surface area (Å²) in [7, 11) is 0. The van der Waals surface area contributed by atoms with Crippen molar-refractivity contribution in [3.63, 3.8) is 0 Å². The molecule has 1 unspecified atom stereocenters. The molecule has 0 radical (unpaired) electrons. The SMILES string of the molecule is NCCCC[CH](Cl)[Co]. The van der Waals surface area contributed by atoms with Gasteiger partial charge < -0.3 is 0 Å². The predicted octanol–water partition coefficient (Wildman–Crippen LogP) is 1.23. The van der Waals surface area contributed by atoms with Crippen molar-refractivity contribution in [1.29, 1.82) is 0 Å². The van der Waals surface area contributed by atoms with Crippen molar-refractivity contribution in [3.8, 4) is 0 Å². The Hall–Kier alpha value is 0.756. The van der Waals surface area contributed by atoms with Gasteiger partial charge in [0.25, 0.3) is 0 Å². The third kappa shape index (κ3) is 6.76. The molecule has 0 fully saturated rings. The Morgan fingerprint density at radius 1 is 1.50 bits per heavy atom. The Balaban J connectivity index is 2.72. The van der Waals surface area contributed by atoms with Gasteiger partial charge in [0.05, 0.1) is 0 Å². The van der Waals surface area contributed by atoms with E-state index in [0.717, 1.165) is 25.8 Å². The van der Waals surface area contributed by atoms with Crippen LogP contribution in [0.25, 0.3) is 0 Å². The molecule has 0 saturated carbocycles. The Labute approximate surface area is 63.6 Å². The maximum atomic E-state index is 5.53. The number of halogens is 1. The van der Waals surface area contributed by atoms with Gasteiger partial charge in [0.2, 0.25) is 0 Å².